The van der Waals surface area contributed by atoms with Crippen LogP contribution in [0.4, 0.5) is 0 Å². The number of hydrogen-bond acceptors (Lipinski definition) is 4. The van der Waals surface area contributed by atoms with Gasteiger partial charge in [0.15, 0.2) is 0 Å². The number of nitrogens with zero attached hydrogens (tertiary/aromatic N) is 2. The number of carbonyl (C=O) groups is 1. The monoisotopic (exact) mass is 372 g/mol. The van der Waals surface area contributed by atoms with Crippen molar-refractivity contribution in [1.29, 1.82) is 0 Å². The average molecular weight is 372 g/mol. The Morgan fingerprint density at radius 2 is 1.14 bits per heavy atom. The minimum Gasteiger partial charge on any atom is -0.456 e. The highest BCUT2D eigenvalue weighted by Crippen LogP contribution is 2.21. The van der Waals surface area contributed by atoms with Crippen LogP contribution >= 0.6 is 0 Å². The summed E-state index contributed by atoms with van der Waals surface area (Å²) >= 11 is 0. The molecule has 0 unspecified atom stereocenters. The summed E-state index contributed by atoms with van der Waals surface area (Å²) in [6.45, 7) is 2.99. The molecule has 0 aliphatic carbocycles. The van der Waals surface area contributed by atoms with Gasteiger partial charge in [-0.25, -0.2) is 14.8 Å². The van der Waals surface area contributed by atoms with Crippen LogP contribution < -0.4 is 0 Å². The molecule has 1 saturated heterocycles. The predicted molar refractivity (Wildman–Crippen MR) is 109 cm³/mol. The van der Waals surface area contributed by atoms with Gasteiger partial charge in [0.25, 0.3) is 0 Å². The first-order valence-corrected chi connectivity index (χ1v) is 9.61. The molecule has 0 spiro atoms. The largest absolute Gasteiger partial charge is 0.456 e. The third-order valence-electron chi connectivity index (χ3n) is 4.93. The number of esters is 1. The maximum Gasteiger partial charge on any atom is 0.338 e. The molecule has 3 aromatic carbocycles. The first kappa shape index (κ1) is 18.4. The number of hydrogen-bond donors (Lipinski definition) is 0. The molecule has 4 nitrogen and oxygen atoms in total. The van der Waals surface area contributed by atoms with Crippen LogP contribution in [-0.4, -0.2) is 35.2 Å². The van der Waals surface area contributed by atoms with Crippen molar-refractivity contribution in [3.05, 3.63) is 108 Å². The van der Waals surface area contributed by atoms with Crippen molar-refractivity contribution in [2.45, 2.75) is 19.2 Å². The zero-order valence-electron chi connectivity index (χ0n) is 15.8. The molecule has 0 bridgehead atoms. The lowest BCUT2D eigenvalue weighted by atomic mass is 10.2. The number of rotatable bonds is 6. The highest BCUT2D eigenvalue weighted by atomic mass is 16.5. The zero-order valence-corrected chi connectivity index (χ0v) is 15.8. The zero-order chi connectivity index (χ0) is 19.2. The highest BCUT2D eigenvalue weighted by Gasteiger charge is 2.32. The lowest BCUT2D eigenvalue weighted by Gasteiger charge is -2.27. The van der Waals surface area contributed by atoms with Crippen LogP contribution in [0.15, 0.2) is 91.0 Å². The molecule has 1 fully saturated rings. The normalized spacial score (nSPS) is 15.6. The molecule has 0 amide bonds. The third-order valence-corrected chi connectivity index (χ3v) is 4.93. The van der Waals surface area contributed by atoms with Gasteiger partial charge in [-0.3, -0.25) is 0 Å². The maximum absolute atomic E-state index is 12.5. The van der Waals surface area contributed by atoms with Crippen molar-refractivity contribution >= 4 is 5.97 Å². The summed E-state index contributed by atoms with van der Waals surface area (Å²) in [5.41, 5.74) is 3.09. The highest BCUT2D eigenvalue weighted by molar-refractivity contribution is 5.89. The molecule has 0 atom stereocenters. The van der Waals surface area contributed by atoms with E-state index in [1.807, 2.05) is 30.3 Å². The summed E-state index contributed by atoms with van der Waals surface area (Å²) < 4.78 is 5.81. The minimum atomic E-state index is -0.258. The van der Waals surface area contributed by atoms with E-state index in [0.29, 0.717) is 18.7 Å². The standard InChI is InChI=1S/C24H24N2O2/c27-24(22-14-8-3-9-15-22)28-23-18-25(16-20-10-4-1-5-11-20)26(19-23)17-21-12-6-2-7-13-21/h1-15,23H,16-19H2. The fourth-order valence-electron chi connectivity index (χ4n) is 3.54. The molecule has 1 heterocycles. The first-order chi connectivity index (χ1) is 13.8. The Hall–Kier alpha value is -2.95. The number of benzene rings is 3. The van der Waals surface area contributed by atoms with E-state index in [2.05, 4.69) is 58.5 Å². The SMILES string of the molecule is O=C(OC1CN(Cc2ccccc2)N(Cc2ccccc2)C1)c1ccccc1. The molecule has 0 saturated carbocycles. The van der Waals surface area contributed by atoms with Gasteiger partial charge in [-0.2, -0.15) is 0 Å². The van der Waals surface area contributed by atoms with Gasteiger partial charge < -0.3 is 4.74 Å². The number of carbonyl (C=O) groups excluding carboxylic acids is 1. The predicted octanol–water partition coefficient (Wildman–Crippen LogP) is 4.15. The summed E-state index contributed by atoms with van der Waals surface area (Å²) in [6.07, 6.45) is -0.153. The van der Waals surface area contributed by atoms with Crippen molar-refractivity contribution < 1.29 is 9.53 Å². The van der Waals surface area contributed by atoms with E-state index in [4.69, 9.17) is 4.74 Å². The Balaban J connectivity index is 1.46. The fourth-order valence-corrected chi connectivity index (χ4v) is 3.54. The molecule has 1 aliphatic heterocycles. The molecule has 142 valence electrons. The Bertz CT molecular complexity index is 835. The fraction of sp³-hybridized carbons (Fsp3) is 0.208. The molecule has 0 aromatic heterocycles. The lowest BCUT2D eigenvalue weighted by Crippen LogP contribution is -2.35. The topological polar surface area (TPSA) is 32.8 Å². The molecule has 4 rings (SSSR count). The Morgan fingerprint density at radius 3 is 1.61 bits per heavy atom. The van der Waals surface area contributed by atoms with Gasteiger partial charge in [-0.05, 0) is 23.3 Å². The van der Waals surface area contributed by atoms with E-state index < -0.39 is 0 Å². The van der Waals surface area contributed by atoms with Gasteiger partial charge in [0.2, 0.25) is 0 Å². The Labute approximate surface area is 165 Å². The van der Waals surface area contributed by atoms with Gasteiger partial charge in [0.05, 0.1) is 18.7 Å². The minimum absolute atomic E-state index is 0.153. The molecular weight excluding hydrogens is 348 g/mol. The van der Waals surface area contributed by atoms with Gasteiger partial charge in [-0.15, -0.1) is 0 Å². The summed E-state index contributed by atoms with van der Waals surface area (Å²) in [5, 5.41) is 4.57. The van der Waals surface area contributed by atoms with Crippen LogP contribution in [-0.2, 0) is 17.8 Å². The van der Waals surface area contributed by atoms with E-state index in [1.165, 1.54) is 11.1 Å². The van der Waals surface area contributed by atoms with Gasteiger partial charge in [0, 0.05) is 13.1 Å². The van der Waals surface area contributed by atoms with Crippen LogP contribution in [0, 0.1) is 0 Å². The summed E-state index contributed by atoms with van der Waals surface area (Å²) in [4.78, 5) is 12.5. The van der Waals surface area contributed by atoms with Gasteiger partial charge in [0.1, 0.15) is 6.10 Å². The molecule has 1 aliphatic rings. The van der Waals surface area contributed by atoms with Crippen LogP contribution in [0.3, 0.4) is 0 Å². The number of ether oxygens (including phenoxy) is 1. The van der Waals surface area contributed by atoms with E-state index in [0.717, 1.165) is 13.1 Å². The summed E-state index contributed by atoms with van der Waals surface area (Å²) in [6, 6.07) is 30.0. The molecule has 0 N–H and O–H groups in total. The van der Waals surface area contributed by atoms with E-state index in [-0.39, 0.29) is 12.1 Å². The van der Waals surface area contributed by atoms with Crippen LogP contribution in [0.2, 0.25) is 0 Å². The maximum atomic E-state index is 12.5. The Morgan fingerprint density at radius 1 is 0.714 bits per heavy atom. The average Bonchev–Trinajstić information content (AvgIpc) is 3.10. The van der Waals surface area contributed by atoms with Crippen molar-refractivity contribution in [2.75, 3.05) is 13.1 Å². The summed E-state index contributed by atoms with van der Waals surface area (Å²) in [7, 11) is 0. The first-order valence-electron chi connectivity index (χ1n) is 9.61. The second-order valence-electron chi connectivity index (χ2n) is 7.06. The third kappa shape index (κ3) is 4.66. The molecule has 28 heavy (non-hydrogen) atoms. The van der Waals surface area contributed by atoms with Gasteiger partial charge >= 0.3 is 5.97 Å². The van der Waals surface area contributed by atoms with Crippen molar-refractivity contribution in [1.82, 2.24) is 10.0 Å². The molecule has 4 heteroatoms. The molecule has 3 aromatic rings. The van der Waals surface area contributed by atoms with Crippen LogP contribution in [0.1, 0.15) is 21.5 Å². The molecule has 0 radical (unpaired) electrons. The van der Waals surface area contributed by atoms with Crippen molar-refractivity contribution in [2.24, 2.45) is 0 Å². The number of hydrazine groups is 1. The van der Waals surface area contributed by atoms with Crippen LogP contribution in [0.25, 0.3) is 0 Å². The van der Waals surface area contributed by atoms with Crippen molar-refractivity contribution in [3.63, 3.8) is 0 Å². The summed E-state index contributed by atoms with van der Waals surface area (Å²) in [5.74, 6) is -0.258. The van der Waals surface area contributed by atoms with E-state index in [9.17, 15) is 4.79 Å². The molecular formula is C24H24N2O2. The van der Waals surface area contributed by atoms with E-state index >= 15 is 0 Å². The Kier molecular flexibility index (Phi) is 5.80. The van der Waals surface area contributed by atoms with Gasteiger partial charge in [-0.1, -0.05) is 78.9 Å². The van der Waals surface area contributed by atoms with Crippen molar-refractivity contribution in [3.8, 4) is 0 Å². The smallest absolute Gasteiger partial charge is 0.338 e. The van der Waals surface area contributed by atoms with Crippen LogP contribution in [0.5, 0.6) is 0 Å². The lowest BCUT2D eigenvalue weighted by molar-refractivity contribution is 0.0109. The quantitative estimate of drug-likeness (QED) is 0.609. The second-order valence-corrected chi connectivity index (χ2v) is 7.06. The second kappa shape index (κ2) is 8.83. The van der Waals surface area contributed by atoms with E-state index in [1.54, 1.807) is 12.1 Å².